The first-order valence-electron chi connectivity index (χ1n) is 8.15. The number of benzene rings is 2. The van der Waals surface area contributed by atoms with Crippen molar-refractivity contribution >= 4 is 23.4 Å². The Balaban J connectivity index is 1.78. The second-order valence-corrected chi connectivity index (χ2v) is 6.44. The normalized spacial score (nSPS) is 10.6. The number of ether oxygens (including phenoxy) is 1. The largest absolute Gasteiger partial charge is 0.456 e. The highest BCUT2D eigenvalue weighted by molar-refractivity contribution is 6.30. The van der Waals surface area contributed by atoms with Gasteiger partial charge in [-0.2, -0.15) is 0 Å². The molecule has 1 heterocycles. The first kappa shape index (κ1) is 18.0. The van der Waals surface area contributed by atoms with E-state index in [0.717, 1.165) is 11.3 Å². The van der Waals surface area contributed by atoms with E-state index in [2.05, 4.69) is 0 Å². The molecule has 0 radical (unpaired) electrons. The van der Waals surface area contributed by atoms with Gasteiger partial charge in [-0.3, -0.25) is 4.79 Å². The lowest BCUT2D eigenvalue weighted by molar-refractivity contribution is 0.0464. The Kier molecular flexibility index (Phi) is 5.24. The number of halogens is 1. The number of rotatable bonds is 5. The third kappa shape index (κ3) is 3.70. The molecule has 2 aromatic carbocycles. The Bertz CT molecular complexity index is 943. The molecule has 0 fully saturated rings. The Morgan fingerprint density at radius 2 is 1.65 bits per heavy atom. The molecule has 0 atom stereocenters. The van der Waals surface area contributed by atoms with Crippen LogP contribution < -0.4 is 0 Å². The van der Waals surface area contributed by atoms with Crippen molar-refractivity contribution in [3.8, 4) is 0 Å². The molecule has 3 rings (SSSR count). The molecule has 0 saturated carbocycles. The highest BCUT2D eigenvalue weighted by atomic mass is 35.5. The van der Waals surface area contributed by atoms with Gasteiger partial charge in [-0.15, -0.1) is 0 Å². The fraction of sp³-hybridized carbons (Fsp3) is 0.143. The molecule has 3 aromatic rings. The van der Waals surface area contributed by atoms with Gasteiger partial charge in [-0.1, -0.05) is 29.8 Å². The van der Waals surface area contributed by atoms with E-state index in [9.17, 15) is 9.59 Å². The van der Waals surface area contributed by atoms with E-state index in [1.165, 1.54) is 0 Å². The van der Waals surface area contributed by atoms with E-state index in [1.54, 1.807) is 60.1 Å². The third-order valence-corrected chi connectivity index (χ3v) is 4.46. The SMILES string of the molecule is Cc1cc(COC(=O)c2ccccc2)n(C)c1C(=O)c1ccc(Cl)cc1. The minimum Gasteiger partial charge on any atom is -0.456 e. The van der Waals surface area contributed by atoms with Gasteiger partial charge in [0.05, 0.1) is 17.0 Å². The summed E-state index contributed by atoms with van der Waals surface area (Å²) >= 11 is 5.89. The number of aromatic nitrogens is 1. The first-order chi connectivity index (χ1) is 12.5. The fourth-order valence-corrected chi connectivity index (χ4v) is 2.95. The van der Waals surface area contributed by atoms with Crippen LogP contribution >= 0.6 is 11.6 Å². The van der Waals surface area contributed by atoms with Gasteiger partial charge in [0.1, 0.15) is 6.61 Å². The molecular formula is C21H18ClNO3. The molecule has 0 bridgehead atoms. The zero-order chi connectivity index (χ0) is 18.7. The average Bonchev–Trinajstić information content (AvgIpc) is 2.94. The van der Waals surface area contributed by atoms with Crippen molar-refractivity contribution < 1.29 is 14.3 Å². The summed E-state index contributed by atoms with van der Waals surface area (Å²) < 4.78 is 7.14. The maximum atomic E-state index is 12.8. The monoisotopic (exact) mass is 367 g/mol. The highest BCUT2D eigenvalue weighted by Gasteiger charge is 2.19. The minimum absolute atomic E-state index is 0.0951. The summed E-state index contributed by atoms with van der Waals surface area (Å²) in [7, 11) is 1.79. The number of hydrogen-bond donors (Lipinski definition) is 0. The maximum absolute atomic E-state index is 12.8. The van der Waals surface area contributed by atoms with Gasteiger partial charge in [-0.25, -0.2) is 4.79 Å². The summed E-state index contributed by atoms with van der Waals surface area (Å²) in [5, 5.41) is 0.582. The van der Waals surface area contributed by atoms with Gasteiger partial charge >= 0.3 is 5.97 Å². The maximum Gasteiger partial charge on any atom is 0.338 e. The van der Waals surface area contributed by atoms with E-state index in [0.29, 0.717) is 21.8 Å². The van der Waals surface area contributed by atoms with Gasteiger partial charge < -0.3 is 9.30 Å². The van der Waals surface area contributed by atoms with Crippen LogP contribution in [0.4, 0.5) is 0 Å². The quantitative estimate of drug-likeness (QED) is 0.490. The topological polar surface area (TPSA) is 48.3 Å². The summed E-state index contributed by atoms with van der Waals surface area (Å²) in [6.45, 7) is 1.96. The van der Waals surface area contributed by atoms with Gasteiger partial charge in [-0.05, 0) is 55.0 Å². The van der Waals surface area contributed by atoms with Crippen molar-refractivity contribution in [1.82, 2.24) is 4.57 Å². The zero-order valence-electron chi connectivity index (χ0n) is 14.5. The van der Waals surface area contributed by atoms with Crippen molar-refractivity contribution in [3.05, 3.63) is 93.8 Å². The number of hydrogen-bond acceptors (Lipinski definition) is 3. The van der Waals surface area contributed by atoms with E-state index in [4.69, 9.17) is 16.3 Å². The minimum atomic E-state index is -0.393. The fourth-order valence-electron chi connectivity index (χ4n) is 2.83. The molecule has 0 aliphatic carbocycles. The summed E-state index contributed by atoms with van der Waals surface area (Å²) in [6.07, 6.45) is 0. The van der Waals surface area contributed by atoms with Crippen LogP contribution in [-0.4, -0.2) is 16.3 Å². The smallest absolute Gasteiger partial charge is 0.338 e. The lowest BCUT2D eigenvalue weighted by Gasteiger charge is -2.09. The predicted octanol–water partition coefficient (Wildman–Crippen LogP) is 4.57. The number of carbonyl (C=O) groups is 2. The van der Waals surface area contributed by atoms with Gasteiger partial charge in [0.15, 0.2) is 0 Å². The molecule has 0 aliphatic rings. The van der Waals surface area contributed by atoms with Crippen LogP contribution in [0, 0.1) is 6.92 Å². The van der Waals surface area contributed by atoms with Crippen LogP contribution in [0.2, 0.25) is 5.02 Å². The van der Waals surface area contributed by atoms with Crippen molar-refractivity contribution in [1.29, 1.82) is 0 Å². The number of ketones is 1. The molecule has 0 unspecified atom stereocenters. The second-order valence-electron chi connectivity index (χ2n) is 6.00. The molecule has 1 aromatic heterocycles. The highest BCUT2D eigenvalue weighted by Crippen LogP contribution is 2.20. The van der Waals surface area contributed by atoms with Crippen LogP contribution in [0.1, 0.15) is 37.7 Å². The summed E-state index contributed by atoms with van der Waals surface area (Å²) in [6, 6.07) is 17.5. The molecule has 4 nitrogen and oxygen atoms in total. The molecule has 0 aliphatic heterocycles. The Hall–Kier alpha value is -2.85. The number of aryl methyl sites for hydroxylation is 1. The van der Waals surface area contributed by atoms with E-state index >= 15 is 0 Å². The number of nitrogens with zero attached hydrogens (tertiary/aromatic N) is 1. The molecular weight excluding hydrogens is 350 g/mol. The van der Waals surface area contributed by atoms with Crippen LogP contribution in [-0.2, 0) is 18.4 Å². The van der Waals surface area contributed by atoms with E-state index in [-0.39, 0.29) is 12.4 Å². The third-order valence-electron chi connectivity index (χ3n) is 4.20. The lowest BCUT2D eigenvalue weighted by Crippen LogP contribution is -2.12. The van der Waals surface area contributed by atoms with Crippen molar-refractivity contribution in [2.24, 2.45) is 7.05 Å². The molecule has 26 heavy (non-hydrogen) atoms. The number of carbonyl (C=O) groups excluding carboxylic acids is 2. The van der Waals surface area contributed by atoms with E-state index < -0.39 is 5.97 Å². The summed E-state index contributed by atoms with van der Waals surface area (Å²) in [4.78, 5) is 24.9. The predicted molar refractivity (Wildman–Crippen MR) is 101 cm³/mol. The summed E-state index contributed by atoms with van der Waals surface area (Å²) in [5.74, 6) is -0.489. The molecule has 0 spiro atoms. The van der Waals surface area contributed by atoms with Crippen molar-refractivity contribution in [3.63, 3.8) is 0 Å². The van der Waals surface area contributed by atoms with Crippen molar-refractivity contribution in [2.75, 3.05) is 0 Å². The number of esters is 1. The zero-order valence-corrected chi connectivity index (χ0v) is 15.3. The standard InChI is InChI=1S/C21H18ClNO3/c1-14-12-18(13-26-21(25)16-6-4-3-5-7-16)23(2)19(14)20(24)15-8-10-17(22)11-9-15/h3-12H,13H2,1-2H3. The van der Waals surface area contributed by atoms with Gasteiger partial charge in [0.2, 0.25) is 5.78 Å². The second kappa shape index (κ2) is 7.58. The Morgan fingerprint density at radius 1 is 1.00 bits per heavy atom. The average molecular weight is 368 g/mol. The van der Waals surface area contributed by atoms with Crippen molar-refractivity contribution in [2.45, 2.75) is 13.5 Å². The van der Waals surface area contributed by atoms with E-state index in [1.807, 2.05) is 19.1 Å². The lowest BCUT2D eigenvalue weighted by atomic mass is 10.1. The van der Waals surface area contributed by atoms with Crippen LogP contribution in [0.15, 0.2) is 60.7 Å². The van der Waals surface area contributed by atoms with Crippen LogP contribution in [0.25, 0.3) is 0 Å². The first-order valence-corrected chi connectivity index (χ1v) is 8.53. The Labute approximate surface area is 157 Å². The molecule has 0 N–H and O–H groups in total. The van der Waals surface area contributed by atoms with Crippen LogP contribution in [0.5, 0.6) is 0 Å². The molecule has 5 heteroatoms. The summed E-state index contributed by atoms with van der Waals surface area (Å²) in [5.41, 5.74) is 3.21. The molecule has 0 saturated heterocycles. The van der Waals surface area contributed by atoms with Gasteiger partial charge in [0.25, 0.3) is 0 Å². The molecule has 132 valence electrons. The Morgan fingerprint density at radius 3 is 2.31 bits per heavy atom. The van der Waals surface area contributed by atoms with Crippen LogP contribution in [0.3, 0.4) is 0 Å². The van der Waals surface area contributed by atoms with Gasteiger partial charge in [0, 0.05) is 17.6 Å². The molecule has 0 amide bonds.